The van der Waals surface area contributed by atoms with Gasteiger partial charge in [0.1, 0.15) is 6.33 Å². The molecule has 1 amide bonds. The molecular weight excluding hydrogens is 334 g/mol. The third kappa shape index (κ3) is 3.08. The predicted octanol–water partition coefficient (Wildman–Crippen LogP) is 0.857. The van der Waals surface area contributed by atoms with Gasteiger partial charge in [0, 0.05) is 44.7 Å². The highest BCUT2D eigenvalue weighted by molar-refractivity contribution is 5.96. The van der Waals surface area contributed by atoms with Gasteiger partial charge in [0.05, 0.1) is 18.2 Å². The number of ether oxygens (including phenoxy) is 1. The molecular formula is C17H19N7O2. The molecule has 9 nitrogen and oxygen atoms in total. The number of carbonyl (C=O) groups is 1. The smallest absolute Gasteiger partial charge is 0.229 e. The Bertz CT molecular complexity index is 898. The second kappa shape index (κ2) is 7.04. The van der Waals surface area contributed by atoms with Crippen LogP contribution in [0, 0.1) is 11.8 Å². The van der Waals surface area contributed by atoms with Gasteiger partial charge in [-0.25, -0.2) is 19.5 Å². The lowest BCUT2D eigenvalue weighted by Crippen LogP contribution is -2.31. The maximum atomic E-state index is 13.0. The van der Waals surface area contributed by atoms with Crippen molar-refractivity contribution in [1.29, 1.82) is 0 Å². The van der Waals surface area contributed by atoms with Crippen LogP contribution in [0.25, 0.3) is 5.65 Å². The zero-order valence-electron chi connectivity index (χ0n) is 14.3. The summed E-state index contributed by atoms with van der Waals surface area (Å²) in [5, 5.41) is 7.08. The topological polar surface area (TPSA) is 97.5 Å². The summed E-state index contributed by atoms with van der Waals surface area (Å²) in [4.78, 5) is 27.7. The Balaban J connectivity index is 1.54. The normalized spacial score (nSPS) is 19.8. The molecule has 0 bridgehead atoms. The van der Waals surface area contributed by atoms with Crippen molar-refractivity contribution in [3.63, 3.8) is 0 Å². The van der Waals surface area contributed by atoms with E-state index in [0.29, 0.717) is 37.0 Å². The number of aromatic nitrogens is 5. The van der Waals surface area contributed by atoms with Gasteiger partial charge in [-0.1, -0.05) is 0 Å². The fourth-order valence-electron chi connectivity index (χ4n) is 3.34. The lowest BCUT2D eigenvalue weighted by atomic mass is 9.96. The number of pyridine rings is 1. The molecule has 1 aliphatic heterocycles. The van der Waals surface area contributed by atoms with Crippen molar-refractivity contribution in [2.24, 2.45) is 11.8 Å². The number of nitrogens with zero attached hydrogens (tertiary/aromatic N) is 6. The van der Waals surface area contributed by atoms with Crippen LogP contribution in [0.1, 0.15) is 0 Å². The minimum atomic E-state index is -0.234. The van der Waals surface area contributed by atoms with Gasteiger partial charge in [-0.05, 0) is 18.2 Å². The number of carbonyl (C=O) groups excluding carboxylic acids is 1. The average Bonchev–Trinajstić information content (AvgIpc) is 3.30. The number of hydrogen-bond acceptors (Lipinski definition) is 7. The number of nitrogens with one attached hydrogen (secondary N) is 1. The summed E-state index contributed by atoms with van der Waals surface area (Å²) >= 11 is 0. The van der Waals surface area contributed by atoms with Crippen molar-refractivity contribution in [3.05, 3.63) is 43.1 Å². The first kappa shape index (κ1) is 16.4. The largest absolute Gasteiger partial charge is 0.384 e. The summed E-state index contributed by atoms with van der Waals surface area (Å²) in [7, 11) is 1.65. The summed E-state index contributed by atoms with van der Waals surface area (Å²) in [5.74, 6) is 0.383. The molecule has 3 aromatic heterocycles. The Morgan fingerprint density at radius 2 is 2.12 bits per heavy atom. The van der Waals surface area contributed by atoms with E-state index in [1.165, 1.54) is 6.33 Å². The Kier molecular flexibility index (Phi) is 4.44. The molecule has 1 aliphatic rings. The highest BCUT2D eigenvalue weighted by atomic mass is 16.5. The fourth-order valence-corrected chi connectivity index (χ4v) is 3.34. The van der Waals surface area contributed by atoms with Crippen LogP contribution in [-0.4, -0.2) is 57.3 Å². The van der Waals surface area contributed by atoms with Gasteiger partial charge in [-0.3, -0.25) is 4.79 Å². The van der Waals surface area contributed by atoms with E-state index in [-0.39, 0.29) is 17.7 Å². The van der Waals surface area contributed by atoms with E-state index < -0.39 is 0 Å². The zero-order chi connectivity index (χ0) is 17.9. The molecule has 0 aromatic carbocycles. The van der Waals surface area contributed by atoms with Crippen LogP contribution in [0.5, 0.6) is 0 Å². The molecule has 1 N–H and O–H groups in total. The van der Waals surface area contributed by atoms with Gasteiger partial charge in [0.15, 0.2) is 5.65 Å². The SMILES string of the molecule is COC[C@@H]1CN(c2ncccn2)C[C@H]1C(=O)Nc1cccn2ncnc12. The monoisotopic (exact) mass is 353 g/mol. The first-order chi connectivity index (χ1) is 12.8. The van der Waals surface area contributed by atoms with E-state index in [1.807, 2.05) is 17.0 Å². The van der Waals surface area contributed by atoms with Crippen molar-refractivity contribution in [1.82, 2.24) is 24.6 Å². The van der Waals surface area contributed by atoms with Gasteiger partial charge in [-0.15, -0.1) is 0 Å². The van der Waals surface area contributed by atoms with Crippen LogP contribution in [-0.2, 0) is 9.53 Å². The number of hydrogen-bond donors (Lipinski definition) is 1. The van der Waals surface area contributed by atoms with Crippen LogP contribution in [0.2, 0.25) is 0 Å². The number of fused-ring (bicyclic) bond motifs is 1. The Labute approximate surface area is 150 Å². The lowest BCUT2D eigenvalue weighted by molar-refractivity contribution is -0.120. The lowest BCUT2D eigenvalue weighted by Gasteiger charge is -2.17. The summed E-state index contributed by atoms with van der Waals surface area (Å²) in [5.41, 5.74) is 1.26. The standard InChI is InChI=1S/C17H19N7O2/c1-26-10-12-8-23(17-18-5-3-6-19-17)9-13(12)16(25)22-14-4-2-7-24-15(14)20-11-21-24/h2-7,11-13H,8-10H2,1H3,(H,22,25)/t12-,13+/m0/s1. The molecule has 134 valence electrons. The summed E-state index contributed by atoms with van der Waals surface area (Å²) < 4.78 is 6.95. The minimum Gasteiger partial charge on any atom is -0.384 e. The molecule has 0 aliphatic carbocycles. The van der Waals surface area contributed by atoms with Crippen molar-refractivity contribution < 1.29 is 9.53 Å². The molecule has 0 saturated carbocycles. The molecule has 4 heterocycles. The van der Waals surface area contributed by atoms with Crippen molar-refractivity contribution in [2.75, 3.05) is 37.0 Å². The van der Waals surface area contributed by atoms with Crippen LogP contribution in [0.4, 0.5) is 11.6 Å². The number of amides is 1. The average molecular weight is 353 g/mol. The molecule has 1 fully saturated rings. The zero-order valence-corrected chi connectivity index (χ0v) is 14.3. The van der Waals surface area contributed by atoms with Crippen molar-refractivity contribution >= 4 is 23.2 Å². The van der Waals surface area contributed by atoms with Crippen molar-refractivity contribution in [2.45, 2.75) is 0 Å². The molecule has 0 unspecified atom stereocenters. The number of rotatable bonds is 5. The fraction of sp³-hybridized carbons (Fsp3) is 0.353. The Morgan fingerprint density at radius 1 is 1.27 bits per heavy atom. The van der Waals surface area contributed by atoms with Crippen LogP contribution in [0.3, 0.4) is 0 Å². The van der Waals surface area contributed by atoms with E-state index >= 15 is 0 Å². The molecule has 9 heteroatoms. The number of methoxy groups -OCH3 is 1. The van der Waals surface area contributed by atoms with Gasteiger partial charge in [0.2, 0.25) is 11.9 Å². The highest BCUT2D eigenvalue weighted by Gasteiger charge is 2.38. The van der Waals surface area contributed by atoms with Crippen LogP contribution >= 0.6 is 0 Å². The Hall–Kier alpha value is -3.07. The number of anilines is 2. The van der Waals surface area contributed by atoms with Gasteiger partial charge < -0.3 is 15.0 Å². The van der Waals surface area contributed by atoms with E-state index in [2.05, 4.69) is 25.4 Å². The molecule has 0 radical (unpaired) electrons. The summed E-state index contributed by atoms with van der Waals surface area (Å²) in [6, 6.07) is 5.42. The van der Waals surface area contributed by atoms with Gasteiger partial charge in [-0.2, -0.15) is 5.10 Å². The van der Waals surface area contributed by atoms with Crippen LogP contribution in [0.15, 0.2) is 43.1 Å². The summed E-state index contributed by atoms with van der Waals surface area (Å²) in [6.07, 6.45) is 6.65. The van der Waals surface area contributed by atoms with Gasteiger partial charge >= 0.3 is 0 Å². The highest BCUT2D eigenvalue weighted by Crippen LogP contribution is 2.28. The van der Waals surface area contributed by atoms with E-state index in [1.54, 1.807) is 36.3 Å². The van der Waals surface area contributed by atoms with Gasteiger partial charge in [0.25, 0.3) is 0 Å². The third-order valence-corrected chi connectivity index (χ3v) is 4.56. The second-order valence-electron chi connectivity index (χ2n) is 6.22. The first-order valence-corrected chi connectivity index (χ1v) is 8.36. The molecule has 1 saturated heterocycles. The Morgan fingerprint density at radius 3 is 2.92 bits per heavy atom. The first-order valence-electron chi connectivity index (χ1n) is 8.36. The minimum absolute atomic E-state index is 0.0569. The maximum Gasteiger partial charge on any atom is 0.229 e. The molecule has 26 heavy (non-hydrogen) atoms. The summed E-state index contributed by atoms with van der Waals surface area (Å²) in [6.45, 7) is 1.71. The van der Waals surface area contributed by atoms with E-state index in [9.17, 15) is 4.79 Å². The van der Waals surface area contributed by atoms with Crippen LogP contribution < -0.4 is 10.2 Å². The second-order valence-corrected chi connectivity index (χ2v) is 6.22. The molecule has 2 atom stereocenters. The predicted molar refractivity (Wildman–Crippen MR) is 94.7 cm³/mol. The third-order valence-electron chi connectivity index (χ3n) is 4.56. The molecule has 3 aromatic rings. The quantitative estimate of drug-likeness (QED) is 0.726. The van der Waals surface area contributed by atoms with E-state index in [0.717, 1.165) is 0 Å². The van der Waals surface area contributed by atoms with Crippen molar-refractivity contribution in [3.8, 4) is 0 Å². The molecule has 4 rings (SSSR count). The van der Waals surface area contributed by atoms with E-state index in [4.69, 9.17) is 4.74 Å². The molecule has 0 spiro atoms. The maximum absolute atomic E-state index is 13.0.